The molecule has 6 rings (SSSR count). The fourth-order valence-corrected chi connectivity index (χ4v) is 6.20. The van der Waals surface area contributed by atoms with Gasteiger partial charge in [-0.1, -0.05) is 199 Å². The maximum Gasteiger partial charge on any atom is 0.0449 e. The van der Waals surface area contributed by atoms with Crippen molar-refractivity contribution in [2.24, 2.45) is 5.92 Å². The van der Waals surface area contributed by atoms with Crippen molar-refractivity contribution >= 4 is 11.3 Å². The van der Waals surface area contributed by atoms with Gasteiger partial charge in [0.25, 0.3) is 0 Å². The van der Waals surface area contributed by atoms with Gasteiger partial charge in [0.2, 0.25) is 0 Å². The molecule has 3 aromatic rings. The molecule has 0 aromatic heterocycles. The Kier molecular flexibility index (Phi) is 23.2. The van der Waals surface area contributed by atoms with E-state index in [4.69, 9.17) is 0 Å². The Balaban J connectivity index is 0.000000512. The molecule has 1 unspecified atom stereocenters. The average Bonchev–Trinajstić information content (AvgIpc) is 3.81. The van der Waals surface area contributed by atoms with Gasteiger partial charge in [0.1, 0.15) is 0 Å². The van der Waals surface area contributed by atoms with Gasteiger partial charge < -0.3 is 4.90 Å². The summed E-state index contributed by atoms with van der Waals surface area (Å²) >= 11 is 0. The van der Waals surface area contributed by atoms with Crippen LogP contribution in [0.3, 0.4) is 0 Å². The van der Waals surface area contributed by atoms with E-state index in [1.807, 2.05) is 76.2 Å². The lowest BCUT2D eigenvalue weighted by molar-refractivity contribution is 0.937. The van der Waals surface area contributed by atoms with Crippen molar-refractivity contribution in [2.45, 2.75) is 88.0 Å². The van der Waals surface area contributed by atoms with Gasteiger partial charge in [-0.25, -0.2) is 0 Å². The number of anilines is 1. The van der Waals surface area contributed by atoms with Gasteiger partial charge in [0, 0.05) is 24.0 Å². The zero-order chi connectivity index (χ0) is 41.8. The summed E-state index contributed by atoms with van der Waals surface area (Å²) in [4.78, 5) is 2.21. The van der Waals surface area contributed by atoms with Gasteiger partial charge in [-0.15, -0.1) is 0 Å². The predicted octanol–water partition coefficient (Wildman–Crippen LogP) is 16.7. The van der Waals surface area contributed by atoms with Crippen molar-refractivity contribution in [1.29, 1.82) is 0 Å². The van der Waals surface area contributed by atoms with Crippen LogP contribution in [0.25, 0.3) is 5.57 Å². The first-order valence-corrected chi connectivity index (χ1v) is 20.9. The van der Waals surface area contributed by atoms with E-state index in [9.17, 15) is 0 Å². The highest BCUT2D eigenvalue weighted by molar-refractivity contribution is 5.72. The van der Waals surface area contributed by atoms with Crippen molar-refractivity contribution in [3.05, 3.63) is 240 Å². The number of rotatable bonds is 7. The average molecular weight is 756 g/mol. The first-order valence-electron chi connectivity index (χ1n) is 20.9. The Labute approximate surface area is 348 Å². The van der Waals surface area contributed by atoms with Crippen LogP contribution in [0.15, 0.2) is 228 Å². The molecule has 1 heteroatoms. The van der Waals surface area contributed by atoms with Gasteiger partial charge in [-0.3, -0.25) is 0 Å². The topological polar surface area (TPSA) is 3.24 Å². The maximum atomic E-state index is 4.36. The smallest absolute Gasteiger partial charge is 0.0449 e. The predicted molar refractivity (Wildman–Crippen MR) is 257 cm³/mol. The second kappa shape index (κ2) is 27.8. The summed E-state index contributed by atoms with van der Waals surface area (Å²) in [6.07, 6.45) is 35.1. The Morgan fingerprint density at radius 3 is 1.98 bits per heavy atom. The van der Waals surface area contributed by atoms with E-state index < -0.39 is 0 Å². The molecule has 0 saturated heterocycles. The van der Waals surface area contributed by atoms with E-state index in [0.717, 1.165) is 42.5 Å². The van der Waals surface area contributed by atoms with Gasteiger partial charge >= 0.3 is 0 Å². The lowest BCUT2D eigenvalue weighted by Gasteiger charge is -2.20. The zero-order valence-electron chi connectivity index (χ0n) is 36.5. The van der Waals surface area contributed by atoms with Crippen molar-refractivity contribution in [3.8, 4) is 0 Å². The fourth-order valence-electron chi connectivity index (χ4n) is 6.20. The quantitative estimate of drug-likeness (QED) is 0.217. The van der Waals surface area contributed by atoms with Crippen molar-refractivity contribution in [1.82, 2.24) is 0 Å². The van der Waals surface area contributed by atoms with Crippen LogP contribution in [0.2, 0.25) is 0 Å². The molecule has 3 aliphatic rings. The van der Waals surface area contributed by atoms with E-state index in [2.05, 4.69) is 180 Å². The van der Waals surface area contributed by atoms with Gasteiger partial charge in [-0.2, -0.15) is 0 Å². The molecule has 298 valence electrons. The number of benzene rings is 3. The molecule has 3 aromatic carbocycles. The molecule has 1 aliphatic heterocycles. The largest absolute Gasteiger partial charge is 0.324 e. The van der Waals surface area contributed by atoms with Gasteiger partial charge in [0.05, 0.1) is 0 Å². The van der Waals surface area contributed by atoms with Crippen LogP contribution < -0.4 is 4.90 Å². The fraction of sp³-hybridized carbons (Fsp3) is 0.250. The zero-order valence-corrected chi connectivity index (χ0v) is 36.5. The standard InChI is InChI=1S/C38H41N.C8H10.C6H6.2C2H6/c1-7-12-29(3)38(37-16-11-8-13-30(37)4)27-33-22-24-39(23-21-28(2)25-31(5)32(6)26-33)36-19-17-35(18-20-36)34-14-9-10-15-34;1-2-8-6-4-3-5-7-8;1-2-4-6-5-3-1;2*1-2/h7,9-12,14,16-27,33H,1,5,8,13,15H2,2-4,6H3;3-7H,2H2,1H3;1-6H;2*1-2H3/b23-21-,24-22?,28-25-,29-12-,32-26+,38-27?;;;;. The molecule has 0 N–H and O–H groups in total. The van der Waals surface area contributed by atoms with Crippen LogP contribution >= 0.6 is 0 Å². The van der Waals surface area contributed by atoms with E-state index in [1.54, 1.807) is 0 Å². The molecule has 0 radical (unpaired) electrons. The Bertz CT molecular complexity index is 1940. The number of aryl methyl sites for hydroxylation is 1. The van der Waals surface area contributed by atoms with Crippen LogP contribution in [0.5, 0.6) is 0 Å². The lowest BCUT2D eigenvalue weighted by Crippen LogP contribution is -2.08. The number of allylic oxidation sites excluding steroid dienone is 20. The molecule has 0 fully saturated rings. The van der Waals surface area contributed by atoms with Crippen molar-refractivity contribution in [3.63, 3.8) is 0 Å². The molecular formula is C56H69N. The molecular weight excluding hydrogens is 687 g/mol. The summed E-state index contributed by atoms with van der Waals surface area (Å²) in [6, 6.07) is 31.3. The normalized spacial score (nSPS) is 18.8. The monoisotopic (exact) mass is 756 g/mol. The minimum atomic E-state index is 0.0808. The van der Waals surface area contributed by atoms with Gasteiger partial charge in [0.15, 0.2) is 0 Å². The van der Waals surface area contributed by atoms with E-state index in [1.165, 1.54) is 44.6 Å². The molecule has 1 nitrogen and oxygen atoms in total. The van der Waals surface area contributed by atoms with Crippen LogP contribution in [0.1, 0.15) is 92.7 Å². The summed E-state index contributed by atoms with van der Waals surface area (Å²) in [5.41, 5.74) is 13.8. The number of nitrogens with zero attached hydrogens (tertiary/aromatic N) is 1. The van der Waals surface area contributed by atoms with Crippen LogP contribution in [-0.2, 0) is 6.42 Å². The summed E-state index contributed by atoms with van der Waals surface area (Å²) < 4.78 is 0. The minimum Gasteiger partial charge on any atom is -0.324 e. The molecule has 57 heavy (non-hydrogen) atoms. The number of hydrogen-bond acceptors (Lipinski definition) is 1. The second-order valence-corrected chi connectivity index (χ2v) is 13.6. The maximum absolute atomic E-state index is 4.36. The summed E-state index contributed by atoms with van der Waals surface area (Å²) in [7, 11) is 0. The third-order valence-electron chi connectivity index (χ3n) is 9.42. The van der Waals surface area contributed by atoms with Gasteiger partial charge in [-0.05, 0) is 122 Å². The molecule has 1 heterocycles. The molecule has 0 bridgehead atoms. The highest BCUT2D eigenvalue weighted by Crippen LogP contribution is 2.32. The SMILES string of the molecule is C=C/C=C(/C)C(=CC1C=CN(c2ccc(C3=CC=CC3)cc2)/C=C\C(C)=C/C(=C)/C(C)=C/1)C1=C(C)CCC=C1.CC.CC.CCc1ccccc1.c1ccccc1. The molecule has 0 spiro atoms. The third kappa shape index (κ3) is 16.9. The Morgan fingerprint density at radius 1 is 0.807 bits per heavy atom. The Morgan fingerprint density at radius 2 is 1.44 bits per heavy atom. The van der Waals surface area contributed by atoms with Crippen LogP contribution in [0.4, 0.5) is 5.69 Å². The van der Waals surface area contributed by atoms with E-state index in [-0.39, 0.29) is 5.92 Å². The third-order valence-corrected chi connectivity index (χ3v) is 9.42. The van der Waals surface area contributed by atoms with Crippen LogP contribution in [0, 0.1) is 5.92 Å². The highest BCUT2D eigenvalue weighted by atomic mass is 15.1. The summed E-state index contributed by atoms with van der Waals surface area (Å²) in [5, 5.41) is 0. The summed E-state index contributed by atoms with van der Waals surface area (Å²) in [6.45, 7) is 27.2. The van der Waals surface area contributed by atoms with E-state index >= 15 is 0 Å². The molecule has 0 saturated carbocycles. The highest BCUT2D eigenvalue weighted by Gasteiger charge is 2.14. The minimum absolute atomic E-state index is 0.0808. The Hall–Kier alpha value is -5.66. The van der Waals surface area contributed by atoms with Crippen molar-refractivity contribution < 1.29 is 0 Å². The summed E-state index contributed by atoms with van der Waals surface area (Å²) in [5.74, 6) is 0.0808. The first kappa shape index (κ1) is 47.5. The molecule has 0 amide bonds. The lowest BCUT2D eigenvalue weighted by atomic mass is 9.86. The number of hydrogen-bond donors (Lipinski definition) is 0. The van der Waals surface area contributed by atoms with E-state index in [0.29, 0.717) is 0 Å². The van der Waals surface area contributed by atoms with Crippen molar-refractivity contribution in [2.75, 3.05) is 4.90 Å². The van der Waals surface area contributed by atoms with Crippen LogP contribution in [-0.4, -0.2) is 0 Å². The first-order chi connectivity index (χ1) is 27.8. The second-order valence-electron chi connectivity index (χ2n) is 13.6. The molecule has 1 atom stereocenters. The molecule has 2 aliphatic carbocycles.